The summed E-state index contributed by atoms with van der Waals surface area (Å²) in [5.74, 6) is 0.337. The summed E-state index contributed by atoms with van der Waals surface area (Å²) in [5.41, 5.74) is 2.45. The van der Waals surface area contributed by atoms with Crippen molar-refractivity contribution in [2.75, 3.05) is 26.9 Å². The summed E-state index contributed by atoms with van der Waals surface area (Å²) in [6, 6.07) is 18.5. The number of rotatable bonds is 9. The first-order valence-corrected chi connectivity index (χ1v) is 10.3. The van der Waals surface area contributed by atoms with E-state index in [9.17, 15) is 4.79 Å². The SMILES string of the molecule is COc1ccc(-c2cccc(COc3ccc(C4(OCC(=O)O)COC4)cc3)n2)c(Cl)c1. The molecule has 7 nitrogen and oxygen atoms in total. The predicted molar refractivity (Wildman–Crippen MR) is 118 cm³/mol. The number of aromatic nitrogens is 1. The van der Waals surface area contributed by atoms with E-state index in [1.807, 2.05) is 54.6 Å². The van der Waals surface area contributed by atoms with Crippen molar-refractivity contribution < 1.29 is 28.8 Å². The number of carboxylic acid groups (broad SMARTS) is 1. The molecule has 1 N–H and O–H groups in total. The Morgan fingerprint density at radius 3 is 2.50 bits per heavy atom. The van der Waals surface area contributed by atoms with Crippen LogP contribution in [0.5, 0.6) is 11.5 Å². The maximum absolute atomic E-state index is 10.8. The second-order valence-electron chi connectivity index (χ2n) is 7.34. The van der Waals surface area contributed by atoms with Gasteiger partial charge in [-0.05, 0) is 48.0 Å². The van der Waals surface area contributed by atoms with E-state index in [1.165, 1.54) is 0 Å². The summed E-state index contributed by atoms with van der Waals surface area (Å²) in [6.45, 7) is 0.558. The number of halogens is 1. The van der Waals surface area contributed by atoms with Crippen LogP contribution in [0.4, 0.5) is 0 Å². The first-order valence-electron chi connectivity index (χ1n) is 9.96. The Labute approximate surface area is 190 Å². The van der Waals surface area contributed by atoms with Gasteiger partial charge in [0.1, 0.15) is 30.3 Å². The second-order valence-corrected chi connectivity index (χ2v) is 7.75. The zero-order valence-electron chi connectivity index (χ0n) is 17.4. The molecule has 0 amide bonds. The lowest BCUT2D eigenvalue weighted by atomic mass is 9.91. The highest BCUT2D eigenvalue weighted by Gasteiger charge is 2.42. The maximum Gasteiger partial charge on any atom is 0.329 e. The number of hydrogen-bond acceptors (Lipinski definition) is 6. The van der Waals surface area contributed by atoms with Crippen LogP contribution in [0.2, 0.25) is 5.02 Å². The largest absolute Gasteiger partial charge is 0.497 e. The van der Waals surface area contributed by atoms with Crippen molar-refractivity contribution in [2.24, 2.45) is 0 Å². The minimum absolute atomic E-state index is 0.282. The van der Waals surface area contributed by atoms with Crippen molar-refractivity contribution in [1.29, 1.82) is 0 Å². The summed E-state index contributed by atoms with van der Waals surface area (Å²) >= 11 is 6.37. The minimum Gasteiger partial charge on any atom is -0.497 e. The van der Waals surface area contributed by atoms with Crippen LogP contribution in [0.1, 0.15) is 11.3 Å². The molecule has 1 aromatic heterocycles. The smallest absolute Gasteiger partial charge is 0.329 e. The third-order valence-electron chi connectivity index (χ3n) is 5.17. The maximum atomic E-state index is 10.8. The number of hydrogen-bond donors (Lipinski definition) is 1. The lowest BCUT2D eigenvalue weighted by molar-refractivity contribution is -0.220. The van der Waals surface area contributed by atoms with Crippen LogP contribution in [0.3, 0.4) is 0 Å². The third-order valence-corrected chi connectivity index (χ3v) is 5.48. The normalized spacial score (nSPS) is 14.4. The zero-order valence-corrected chi connectivity index (χ0v) is 18.2. The molecular formula is C24H22ClNO6. The molecule has 0 spiro atoms. The fourth-order valence-corrected chi connectivity index (χ4v) is 3.64. The first kappa shape index (κ1) is 22.1. The van der Waals surface area contributed by atoms with Gasteiger partial charge in [-0.3, -0.25) is 0 Å². The van der Waals surface area contributed by atoms with Gasteiger partial charge in [0, 0.05) is 5.56 Å². The summed E-state index contributed by atoms with van der Waals surface area (Å²) in [7, 11) is 1.59. The van der Waals surface area contributed by atoms with E-state index in [-0.39, 0.29) is 13.2 Å². The van der Waals surface area contributed by atoms with Gasteiger partial charge in [-0.25, -0.2) is 9.78 Å². The van der Waals surface area contributed by atoms with E-state index in [2.05, 4.69) is 4.98 Å². The Morgan fingerprint density at radius 1 is 1.12 bits per heavy atom. The third kappa shape index (κ3) is 4.85. The average molecular weight is 456 g/mol. The van der Waals surface area contributed by atoms with Gasteiger partial charge in [0.25, 0.3) is 0 Å². The Balaban J connectivity index is 1.42. The number of pyridine rings is 1. The molecule has 166 valence electrons. The molecule has 0 atom stereocenters. The van der Waals surface area contributed by atoms with Crippen LogP contribution < -0.4 is 9.47 Å². The lowest BCUT2D eigenvalue weighted by Gasteiger charge is -2.41. The van der Waals surface area contributed by atoms with E-state index in [1.54, 1.807) is 13.2 Å². The molecule has 3 aromatic rings. The van der Waals surface area contributed by atoms with Crippen molar-refractivity contribution in [3.05, 3.63) is 76.9 Å². The molecule has 0 saturated carbocycles. The van der Waals surface area contributed by atoms with E-state index in [0.717, 1.165) is 22.5 Å². The average Bonchev–Trinajstić information content (AvgIpc) is 2.77. The van der Waals surface area contributed by atoms with Crippen LogP contribution >= 0.6 is 11.6 Å². The second kappa shape index (κ2) is 9.56. The van der Waals surface area contributed by atoms with E-state index < -0.39 is 11.6 Å². The molecule has 2 heterocycles. The fourth-order valence-electron chi connectivity index (χ4n) is 3.37. The molecule has 2 aromatic carbocycles. The number of carbonyl (C=O) groups is 1. The summed E-state index contributed by atoms with van der Waals surface area (Å²) in [6.07, 6.45) is 0. The molecule has 0 bridgehead atoms. The molecule has 32 heavy (non-hydrogen) atoms. The number of carboxylic acids is 1. The van der Waals surface area contributed by atoms with Crippen molar-refractivity contribution in [1.82, 2.24) is 4.98 Å². The highest BCUT2D eigenvalue weighted by atomic mass is 35.5. The van der Waals surface area contributed by atoms with Gasteiger partial charge in [-0.2, -0.15) is 0 Å². The highest BCUT2D eigenvalue weighted by molar-refractivity contribution is 6.33. The highest BCUT2D eigenvalue weighted by Crippen LogP contribution is 2.35. The monoisotopic (exact) mass is 455 g/mol. The fraction of sp³-hybridized carbons (Fsp3) is 0.250. The van der Waals surface area contributed by atoms with Gasteiger partial charge in [0.2, 0.25) is 0 Å². The molecule has 0 radical (unpaired) electrons. The van der Waals surface area contributed by atoms with Crippen LogP contribution in [-0.2, 0) is 26.5 Å². The molecule has 1 fully saturated rings. The van der Waals surface area contributed by atoms with Gasteiger partial charge >= 0.3 is 5.97 Å². The molecule has 8 heteroatoms. The van der Waals surface area contributed by atoms with Crippen LogP contribution in [0.25, 0.3) is 11.3 Å². The van der Waals surface area contributed by atoms with Crippen molar-refractivity contribution in [3.8, 4) is 22.8 Å². The van der Waals surface area contributed by atoms with Gasteiger partial charge in [-0.1, -0.05) is 29.8 Å². The summed E-state index contributed by atoms with van der Waals surface area (Å²) in [4.78, 5) is 15.5. The Bertz CT molecular complexity index is 1100. The van der Waals surface area contributed by atoms with Crippen molar-refractivity contribution >= 4 is 17.6 Å². The molecule has 1 saturated heterocycles. The van der Waals surface area contributed by atoms with Gasteiger partial charge in [0.15, 0.2) is 0 Å². The van der Waals surface area contributed by atoms with Crippen molar-refractivity contribution in [2.45, 2.75) is 12.2 Å². The number of ether oxygens (including phenoxy) is 4. The molecule has 4 rings (SSSR count). The molecule has 1 aliphatic rings. The number of benzene rings is 2. The Hall–Kier alpha value is -3.13. The van der Waals surface area contributed by atoms with E-state index in [4.69, 9.17) is 35.7 Å². The zero-order chi connectivity index (χ0) is 22.6. The lowest BCUT2D eigenvalue weighted by Crippen LogP contribution is -2.49. The van der Waals surface area contributed by atoms with Crippen LogP contribution in [0, 0.1) is 0 Å². The van der Waals surface area contributed by atoms with Crippen LogP contribution in [0.15, 0.2) is 60.7 Å². The van der Waals surface area contributed by atoms with Gasteiger partial charge in [0.05, 0.1) is 36.7 Å². The summed E-state index contributed by atoms with van der Waals surface area (Å²) in [5, 5.41) is 9.45. The Morgan fingerprint density at radius 2 is 1.88 bits per heavy atom. The van der Waals surface area contributed by atoms with Crippen molar-refractivity contribution in [3.63, 3.8) is 0 Å². The molecule has 1 aliphatic heterocycles. The van der Waals surface area contributed by atoms with E-state index in [0.29, 0.717) is 29.7 Å². The number of methoxy groups -OCH3 is 1. The number of aliphatic carboxylic acids is 1. The molecular weight excluding hydrogens is 434 g/mol. The molecule has 0 aliphatic carbocycles. The number of nitrogens with zero attached hydrogens (tertiary/aromatic N) is 1. The Kier molecular flexibility index (Phi) is 6.60. The van der Waals surface area contributed by atoms with E-state index >= 15 is 0 Å². The summed E-state index contributed by atoms with van der Waals surface area (Å²) < 4.78 is 21.9. The topological polar surface area (TPSA) is 87.1 Å². The predicted octanol–water partition coefficient (Wildman–Crippen LogP) is 4.32. The van der Waals surface area contributed by atoms with Gasteiger partial charge < -0.3 is 24.1 Å². The van der Waals surface area contributed by atoms with Crippen LogP contribution in [-0.4, -0.2) is 43.0 Å². The minimum atomic E-state index is -1.01. The standard InChI is InChI=1S/C24H22ClNO6/c1-29-19-9-10-20(21(25)11-19)22-4-2-3-17(26-22)12-31-18-7-5-16(6-8-18)24(14-30-15-24)32-13-23(27)28/h2-11H,12-15H2,1H3,(H,27,28). The van der Waals surface area contributed by atoms with Gasteiger partial charge in [-0.15, -0.1) is 0 Å². The molecule has 0 unspecified atom stereocenters. The first-order chi connectivity index (χ1) is 15.5. The quantitative estimate of drug-likeness (QED) is 0.514.